The van der Waals surface area contributed by atoms with Crippen molar-refractivity contribution in [2.75, 3.05) is 13.7 Å². The molecule has 15 heavy (non-hydrogen) atoms. The highest BCUT2D eigenvalue weighted by Gasteiger charge is 2.25. The van der Waals surface area contributed by atoms with Crippen molar-refractivity contribution >= 4 is 5.97 Å². The van der Waals surface area contributed by atoms with E-state index in [1.165, 1.54) is 13.5 Å². The predicted molar refractivity (Wildman–Crippen MR) is 57.4 cm³/mol. The number of carbonyl (C=O) groups is 1. The summed E-state index contributed by atoms with van der Waals surface area (Å²) in [5.74, 6) is 0.328. The molecule has 0 radical (unpaired) electrons. The fraction of sp³-hybridized carbons (Fsp3) is 0.909. The van der Waals surface area contributed by atoms with Gasteiger partial charge in [-0.3, -0.25) is 0 Å². The molecule has 1 aliphatic rings. The topological polar surface area (TPSA) is 61.5 Å². The van der Waals surface area contributed by atoms with Gasteiger partial charge < -0.3 is 15.2 Å². The van der Waals surface area contributed by atoms with Crippen LogP contribution in [-0.4, -0.2) is 31.8 Å². The molecule has 0 amide bonds. The molecule has 4 heteroatoms. The Morgan fingerprint density at radius 1 is 1.53 bits per heavy atom. The van der Waals surface area contributed by atoms with Gasteiger partial charge in [0.15, 0.2) is 6.10 Å². The summed E-state index contributed by atoms with van der Waals surface area (Å²) in [6, 6.07) is 0. The van der Waals surface area contributed by atoms with E-state index < -0.39 is 6.10 Å². The Bertz CT molecular complexity index is 204. The molecule has 0 aromatic rings. The van der Waals surface area contributed by atoms with Crippen molar-refractivity contribution in [3.63, 3.8) is 0 Å². The van der Waals surface area contributed by atoms with Gasteiger partial charge in [0.05, 0.1) is 0 Å². The Hall–Kier alpha value is -0.610. The van der Waals surface area contributed by atoms with Crippen LogP contribution in [0.15, 0.2) is 0 Å². The van der Waals surface area contributed by atoms with Crippen LogP contribution in [0.2, 0.25) is 0 Å². The molecule has 2 N–H and O–H groups in total. The molecule has 3 unspecified atom stereocenters. The lowest BCUT2D eigenvalue weighted by Crippen LogP contribution is -2.36. The average Bonchev–Trinajstić information content (AvgIpc) is 2.19. The van der Waals surface area contributed by atoms with E-state index in [9.17, 15) is 4.79 Å². The van der Waals surface area contributed by atoms with Gasteiger partial charge in [-0.05, 0) is 25.2 Å². The number of methoxy groups -OCH3 is 1. The lowest BCUT2D eigenvalue weighted by molar-refractivity contribution is -0.162. The Labute approximate surface area is 91.1 Å². The fourth-order valence-electron chi connectivity index (χ4n) is 2.01. The summed E-state index contributed by atoms with van der Waals surface area (Å²) in [7, 11) is 1.47. The molecule has 1 rings (SSSR count). The van der Waals surface area contributed by atoms with Crippen molar-refractivity contribution in [1.29, 1.82) is 0 Å². The van der Waals surface area contributed by atoms with Gasteiger partial charge in [0.2, 0.25) is 0 Å². The van der Waals surface area contributed by atoms with Gasteiger partial charge >= 0.3 is 5.97 Å². The number of carbonyl (C=O) groups excluding carboxylic acids is 1. The van der Waals surface area contributed by atoms with Gasteiger partial charge in [-0.1, -0.05) is 13.3 Å². The van der Waals surface area contributed by atoms with Crippen LogP contribution in [-0.2, 0) is 14.3 Å². The van der Waals surface area contributed by atoms with E-state index in [0.29, 0.717) is 5.92 Å². The molecule has 0 spiro atoms. The number of hydrogen-bond donors (Lipinski definition) is 1. The van der Waals surface area contributed by atoms with E-state index in [2.05, 4.69) is 6.92 Å². The van der Waals surface area contributed by atoms with Crippen molar-refractivity contribution in [1.82, 2.24) is 0 Å². The summed E-state index contributed by atoms with van der Waals surface area (Å²) >= 11 is 0. The minimum atomic E-state index is -0.609. The van der Waals surface area contributed by atoms with E-state index >= 15 is 0 Å². The quantitative estimate of drug-likeness (QED) is 0.713. The number of rotatable bonds is 4. The van der Waals surface area contributed by atoms with Crippen LogP contribution in [0, 0.1) is 5.92 Å². The van der Waals surface area contributed by atoms with Gasteiger partial charge in [0.1, 0.15) is 6.10 Å². The van der Waals surface area contributed by atoms with E-state index in [1.807, 2.05) is 0 Å². The first-order valence-corrected chi connectivity index (χ1v) is 5.60. The Morgan fingerprint density at radius 2 is 2.27 bits per heavy atom. The highest BCUT2D eigenvalue weighted by molar-refractivity contribution is 5.75. The standard InChI is InChI=1S/C11H21NO3/c1-8-4-3-5-9(6-8)15-11(13)10(7-12)14-2/h8-10H,3-7,12H2,1-2H3. The Morgan fingerprint density at radius 3 is 2.80 bits per heavy atom. The van der Waals surface area contributed by atoms with Crippen LogP contribution in [0.5, 0.6) is 0 Å². The molecule has 0 aromatic carbocycles. The average molecular weight is 215 g/mol. The largest absolute Gasteiger partial charge is 0.460 e. The first kappa shape index (κ1) is 12.5. The van der Waals surface area contributed by atoms with E-state index in [-0.39, 0.29) is 18.6 Å². The van der Waals surface area contributed by atoms with Crippen LogP contribution >= 0.6 is 0 Å². The van der Waals surface area contributed by atoms with Crippen LogP contribution < -0.4 is 5.73 Å². The van der Waals surface area contributed by atoms with Crippen LogP contribution in [0.25, 0.3) is 0 Å². The normalized spacial score (nSPS) is 28.5. The summed E-state index contributed by atoms with van der Waals surface area (Å²) < 4.78 is 10.3. The van der Waals surface area contributed by atoms with Crippen molar-refractivity contribution in [3.8, 4) is 0 Å². The molecule has 3 atom stereocenters. The molecule has 1 saturated carbocycles. The van der Waals surface area contributed by atoms with Crippen molar-refractivity contribution in [2.45, 2.75) is 44.8 Å². The summed E-state index contributed by atoms with van der Waals surface area (Å²) in [5.41, 5.74) is 5.39. The molecule has 1 aliphatic carbocycles. The van der Waals surface area contributed by atoms with E-state index in [0.717, 1.165) is 19.3 Å². The van der Waals surface area contributed by atoms with Crippen molar-refractivity contribution in [2.24, 2.45) is 11.7 Å². The maximum atomic E-state index is 11.6. The Balaban J connectivity index is 2.36. The molecule has 88 valence electrons. The summed E-state index contributed by atoms with van der Waals surface area (Å²) in [5, 5.41) is 0. The summed E-state index contributed by atoms with van der Waals surface area (Å²) in [6.45, 7) is 2.37. The van der Waals surface area contributed by atoms with Gasteiger partial charge in [0.25, 0.3) is 0 Å². The van der Waals surface area contributed by atoms with Gasteiger partial charge in [-0.2, -0.15) is 0 Å². The molecule has 0 aliphatic heterocycles. The third kappa shape index (κ3) is 3.80. The molecule has 0 bridgehead atoms. The van der Waals surface area contributed by atoms with E-state index in [1.54, 1.807) is 0 Å². The van der Waals surface area contributed by atoms with Gasteiger partial charge in [-0.15, -0.1) is 0 Å². The molecular weight excluding hydrogens is 194 g/mol. The molecule has 0 saturated heterocycles. The second-order valence-corrected chi connectivity index (χ2v) is 4.29. The number of ether oxygens (including phenoxy) is 2. The minimum absolute atomic E-state index is 0.0606. The molecule has 0 heterocycles. The lowest BCUT2D eigenvalue weighted by Gasteiger charge is -2.27. The fourth-order valence-corrected chi connectivity index (χ4v) is 2.01. The zero-order chi connectivity index (χ0) is 11.3. The monoisotopic (exact) mass is 215 g/mol. The first-order chi connectivity index (χ1) is 7.17. The number of hydrogen-bond acceptors (Lipinski definition) is 4. The van der Waals surface area contributed by atoms with Crippen molar-refractivity contribution in [3.05, 3.63) is 0 Å². The van der Waals surface area contributed by atoms with Crippen LogP contribution in [0.1, 0.15) is 32.6 Å². The zero-order valence-electron chi connectivity index (χ0n) is 9.57. The van der Waals surface area contributed by atoms with Crippen LogP contribution in [0.4, 0.5) is 0 Å². The van der Waals surface area contributed by atoms with Crippen LogP contribution in [0.3, 0.4) is 0 Å². The Kier molecular flexibility index (Phi) is 5.05. The SMILES string of the molecule is COC(CN)C(=O)OC1CCCC(C)C1. The maximum Gasteiger partial charge on any atom is 0.336 e. The highest BCUT2D eigenvalue weighted by atomic mass is 16.6. The maximum absolute atomic E-state index is 11.6. The highest BCUT2D eigenvalue weighted by Crippen LogP contribution is 2.25. The second-order valence-electron chi connectivity index (χ2n) is 4.29. The van der Waals surface area contributed by atoms with Gasteiger partial charge in [-0.25, -0.2) is 4.79 Å². The summed E-state index contributed by atoms with van der Waals surface area (Å²) in [4.78, 5) is 11.6. The second kappa shape index (κ2) is 6.08. The molecule has 1 fully saturated rings. The lowest BCUT2D eigenvalue weighted by atomic mass is 9.89. The third-order valence-electron chi connectivity index (χ3n) is 2.93. The third-order valence-corrected chi connectivity index (χ3v) is 2.93. The summed E-state index contributed by atoms with van der Waals surface area (Å²) in [6.07, 6.45) is 3.76. The van der Waals surface area contributed by atoms with E-state index in [4.69, 9.17) is 15.2 Å². The zero-order valence-corrected chi connectivity index (χ0v) is 9.57. The number of nitrogens with two attached hydrogens (primary N) is 1. The number of esters is 1. The smallest absolute Gasteiger partial charge is 0.336 e. The molecule has 4 nitrogen and oxygen atoms in total. The van der Waals surface area contributed by atoms with Gasteiger partial charge in [0, 0.05) is 13.7 Å². The molecule has 0 aromatic heterocycles. The minimum Gasteiger partial charge on any atom is -0.460 e. The van der Waals surface area contributed by atoms with Crippen molar-refractivity contribution < 1.29 is 14.3 Å². The first-order valence-electron chi connectivity index (χ1n) is 5.60. The predicted octanol–water partition coefficient (Wildman–Crippen LogP) is 1.08. The molecular formula is C11H21NO3.